The average Bonchev–Trinajstić information content (AvgIpc) is 2.52. The number of hydrogen-bond acceptors (Lipinski definition) is 3. The molecule has 0 bridgehead atoms. The van der Waals surface area contributed by atoms with Crippen LogP contribution in [0.15, 0.2) is 27.2 Å². The molecule has 1 rings (SSSR count). The molecule has 0 atom stereocenters. The predicted molar refractivity (Wildman–Crippen MR) is 97.3 cm³/mol. The lowest BCUT2D eigenvalue weighted by molar-refractivity contribution is 0.296. The molecule has 0 saturated heterocycles. The molecule has 0 saturated carbocycles. The van der Waals surface area contributed by atoms with Gasteiger partial charge in [-0.1, -0.05) is 11.6 Å². The maximum atomic E-state index is 5.77. The maximum absolute atomic E-state index is 5.77. The molecule has 0 aromatic carbocycles. The minimum Gasteiger partial charge on any atom is -0.477 e. The number of rotatable bonds is 8. The molecule has 4 nitrogen and oxygen atoms in total. The van der Waals surface area contributed by atoms with Crippen LogP contribution in [0.5, 0.6) is 5.88 Å². The Morgan fingerprint density at radius 2 is 2.23 bits per heavy atom. The Labute approximate surface area is 142 Å². The maximum Gasteiger partial charge on any atom is 0.228 e. The van der Waals surface area contributed by atoms with Crippen LogP contribution in [-0.4, -0.2) is 36.4 Å². The second-order valence-corrected chi connectivity index (χ2v) is 6.14. The Morgan fingerprint density at radius 1 is 1.50 bits per heavy atom. The topological polar surface area (TPSA) is 37.7 Å². The molecule has 1 aromatic rings. The van der Waals surface area contributed by atoms with Gasteiger partial charge in [0, 0.05) is 13.6 Å². The molecule has 22 heavy (non-hydrogen) atoms. The van der Waals surface area contributed by atoms with Crippen LogP contribution in [0.25, 0.3) is 0 Å². The average molecular weight is 368 g/mol. The lowest BCUT2D eigenvalue weighted by atomic mass is 10.2. The Kier molecular flexibility index (Phi) is 8.17. The van der Waals surface area contributed by atoms with Gasteiger partial charge in [0.05, 0.1) is 28.8 Å². The van der Waals surface area contributed by atoms with Gasteiger partial charge in [-0.15, -0.1) is 0 Å². The molecule has 5 heteroatoms. The van der Waals surface area contributed by atoms with E-state index in [-0.39, 0.29) is 0 Å². The van der Waals surface area contributed by atoms with Crippen molar-refractivity contribution in [2.24, 2.45) is 4.99 Å². The highest BCUT2D eigenvalue weighted by atomic mass is 79.9. The molecule has 0 aliphatic carbocycles. The zero-order valence-corrected chi connectivity index (χ0v) is 15.8. The highest BCUT2D eigenvalue weighted by Crippen LogP contribution is 2.29. The largest absolute Gasteiger partial charge is 0.477 e. The van der Waals surface area contributed by atoms with E-state index in [1.54, 1.807) is 0 Å². The third-order valence-corrected chi connectivity index (χ3v) is 4.02. The first kappa shape index (κ1) is 18.7. The molecular formula is C17H26BrN3O. The van der Waals surface area contributed by atoms with Crippen molar-refractivity contribution in [2.75, 3.05) is 20.2 Å². The monoisotopic (exact) mass is 367 g/mol. The Bertz CT molecular complexity index is 541. The fraction of sp³-hybridized carbons (Fsp3) is 0.529. The van der Waals surface area contributed by atoms with Gasteiger partial charge in [-0.05, 0) is 62.5 Å². The fourth-order valence-electron chi connectivity index (χ4n) is 1.69. The van der Waals surface area contributed by atoms with Crippen molar-refractivity contribution in [3.63, 3.8) is 0 Å². The van der Waals surface area contributed by atoms with Crippen LogP contribution < -0.4 is 4.74 Å². The number of halogens is 1. The van der Waals surface area contributed by atoms with Gasteiger partial charge in [-0.2, -0.15) is 0 Å². The molecule has 122 valence electrons. The summed E-state index contributed by atoms with van der Waals surface area (Å²) in [6.07, 6.45) is 6.00. The summed E-state index contributed by atoms with van der Waals surface area (Å²) in [5.74, 6) is 0.637. The zero-order chi connectivity index (χ0) is 16.5. The minimum absolute atomic E-state index is 0.637. The summed E-state index contributed by atoms with van der Waals surface area (Å²) < 4.78 is 6.61. The smallest absolute Gasteiger partial charge is 0.228 e. The number of ether oxygens (including phenoxy) is 1. The second-order valence-electron chi connectivity index (χ2n) is 5.28. The van der Waals surface area contributed by atoms with Crippen molar-refractivity contribution in [3.8, 4) is 5.88 Å². The molecule has 0 N–H and O–H groups in total. The van der Waals surface area contributed by atoms with E-state index in [1.165, 1.54) is 5.57 Å². The van der Waals surface area contributed by atoms with E-state index in [2.05, 4.69) is 52.8 Å². The number of aryl methyl sites for hydroxylation is 1. The fourth-order valence-corrected chi connectivity index (χ4v) is 2.11. The van der Waals surface area contributed by atoms with Crippen molar-refractivity contribution in [2.45, 2.75) is 40.5 Å². The van der Waals surface area contributed by atoms with Gasteiger partial charge < -0.3 is 9.64 Å². The number of hydrogen-bond donors (Lipinski definition) is 0. The minimum atomic E-state index is 0.637. The van der Waals surface area contributed by atoms with Crippen LogP contribution in [0.4, 0.5) is 5.69 Å². The summed E-state index contributed by atoms with van der Waals surface area (Å²) in [7, 11) is 1.99. The van der Waals surface area contributed by atoms with Crippen molar-refractivity contribution in [1.82, 2.24) is 9.88 Å². The lowest BCUT2D eigenvalue weighted by Gasteiger charge is -2.11. The second kappa shape index (κ2) is 9.62. The molecule has 0 spiro atoms. The van der Waals surface area contributed by atoms with Crippen molar-refractivity contribution < 1.29 is 4.74 Å². The molecule has 1 aromatic heterocycles. The lowest BCUT2D eigenvalue weighted by Crippen LogP contribution is -2.14. The van der Waals surface area contributed by atoms with E-state index in [0.717, 1.165) is 35.2 Å². The van der Waals surface area contributed by atoms with Gasteiger partial charge in [0.1, 0.15) is 0 Å². The van der Waals surface area contributed by atoms with E-state index in [9.17, 15) is 0 Å². The number of aromatic nitrogens is 1. The molecule has 0 aliphatic heterocycles. The summed E-state index contributed by atoms with van der Waals surface area (Å²) in [5.41, 5.74) is 3.10. The number of allylic oxidation sites excluding steroid dienone is 2. The highest BCUT2D eigenvalue weighted by molar-refractivity contribution is 9.10. The normalized spacial score (nSPS) is 12.0. The first-order valence-electron chi connectivity index (χ1n) is 7.64. The van der Waals surface area contributed by atoms with Crippen LogP contribution in [0, 0.1) is 6.92 Å². The first-order valence-corrected chi connectivity index (χ1v) is 8.43. The van der Waals surface area contributed by atoms with Gasteiger partial charge in [0.25, 0.3) is 0 Å². The molecule has 0 amide bonds. The van der Waals surface area contributed by atoms with E-state index in [4.69, 9.17) is 4.74 Å². The highest BCUT2D eigenvalue weighted by Gasteiger charge is 2.08. The molecular weight excluding hydrogens is 342 g/mol. The van der Waals surface area contributed by atoms with Gasteiger partial charge in [-0.25, -0.2) is 9.98 Å². The Hall–Kier alpha value is -1.36. The number of aliphatic imine (C=N–C) groups is 1. The van der Waals surface area contributed by atoms with Gasteiger partial charge in [0.15, 0.2) is 0 Å². The zero-order valence-electron chi connectivity index (χ0n) is 14.2. The Morgan fingerprint density at radius 3 is 2.86 bits per heavy atom. The van der Waals surface area contributed by atoms with Crippen molar-refractivity contribution in [3.05, 3.63) is 27.9 Å². The molecule has 1 heterocycles. The van der Waals surface area contributed by atoms with E-state index < -0.39 is 0 Å². The third kappa shape index (κ3) is 6.18. The summed E-state index contributed by atoms with van der Waals surface area (Å²) in [6, 6.07) is 1.95. The molecule has 0 fully saturated rings. The van der Waals surface area contributed by atoms with E-state index >= 15 is 0 Å². The van der Waals surface area contributed by atoms with E-state index in [1.807, 2.05) is 31.3 Å². The van der Waals surface area contributed by atoms with Gasteiger partial charge >= 0.3 is 0 Å². The Balaban J connectivity index is 2.67. The summed E-state index contributed by atoms with van der Waals surface area (Å²) in [5, 5.41) is 0. The number of pyridine rings is 1. The predicted octanol–water partition coefficient (Wildman–Crippen LogP) is 4.89. The number of nitrogens with zero attached hydrogens (tertiary/aromatic N) is 3. The van der Waals surface area contributed by atoms with Crippen LogP contribution >= 0.6 is 15.9 Å². The SMILES string of the molecule is C/C=C(\C)CCCOc1nc(C)c(/N=C/N(C)CC)cc1Br. The van der Waals surface area contributed by atoms with Crippen LogP contribution in [0.2, 0.25) is 0 Å². The molecule has 0 radical (unpaired) electrons. The first-order chi connectivity index (χ1) is 10.5. The van der Waals surface area contributed by atoms with Gasteiger partial charge in [0.2, 0.25) is 5.88 Å². The quantitative estimate of drug-likeness (QED) is 0.284. The summed E-state index contributed by atoms with van der Waals surface area (Å²) >= 11 is 3.51. The summed E-state index contributed by atoms with van der Waals surface area (Å²) in [6.45, 7) is 9.81. The molecule has 0 aliphatic rings. The molecule has 0 unspecified atom stereocenters. The van der Waals surface area contributed by atoms with E-state index in [0.29, 0.717) is 12.5 Å². The van der Waals surface area contributed by atoms with Crippen LogP contribution in [-0.2, 0) is 0 Å². The van der Waals surface area contributed by atoms with Crippen molar-refractivity contribution >= 4 is 28.0 Å². The van der Waals surface area contributed by atoms with Crippen molar-refractivity contribution in [1.29, 1.82) is 0 Å². The summed E-state index contributed by atoms with van der Waals surface area (Å²) in [4.78, 5) is 11.0. The van der Waals surface area contributed by atoms with Gasteiger partial charge in [-0.3, -0.25) is 0 Å². The van der Waals surface area contributed by atoms with Crippen LogP contribution in [0.1, 0.15) is 39.3 Å². The standard InChI is InChI=1S/C17H26BrN3O/c1-6-13(3)9-8-10-22-17-15(18)11-16(14(4)20-17)19-12-21(5)7-2/h6,11-12H,7-10H2,1-5H3/b13-6+,19-12+. The third-order valence-electron chi connectivity index (χ3n) is 3.45. The van der Waals surface area contributed by atoms with Crippen LogP contribution in [0.3, 0.4) is 0 Å².